The summed E-state index contributed by atoms with van der Waals surface area (Å²) >= 11 is 0. The smallest absolute Gasteiger partial charge is 0.410 e. The minimum atomic E-state index is -0.656. The number of amides is 2. The van der Waals surface area contributed by atoms with E-state index in [1.807, 2.05) is 39.8 Å². The van der Waals surface area contributed by atoms with Crippen LogP contribution in [0.2, 0.25) is 0 Å². The van der Waals surface area contributed by atoms with Gasteiger partial charge in [0.15, 0.2) is 0 Å². The van der Waals surface area contributed by atoms with Crippen molar-refractivity contribution >= 4 is 12.2 Å². The highest BCUT2D eigenvalue weighted by Crippen LogP contribution is 2.17. The molecule has 0 fully saturated rings. The molecule has 132 valence electrons. The molecule has 0 aliphatic heterocycles. The number of hydrogen-bond donors (Lipinski definition) is 2. The van der Waals surface area contributed by atoms with Gasteiger partial charge in [0.2, 0.25) is 0 Å². The molecular formula is C19H22N2O4. The summed E-state index contributed by atoms with van der Waals surface area (Å²) in [5.41, 5.74) is 3.99. The van der Waals surface area contributed by atoms with Crippen LogP contribution in [0.15, 0.2) is 36.4 Å². The fraction of sp³-hybridized carbons (Fsp3) is 0.263. The molecule has 6 heteroatoms. The van der Waals surface area contributed by atoms with Crippen molar-refractivity contribution in [1.82, 2.24) is 10.6 Å². The molecule has 2 aromatic rings. The normalized spacial score (nSPS) is 10.1. The van der Waals surface area contributed by atoms with Crippen molar-refractivity contribution in [3.8, 4) is 11.5 Å². The zero-order valence-electron chi connectivity index (χ0n) is 14.8. The Morgan fingerprint density at radius 1 is 0.680 bits per heavy atom. The predicted octanol–water partition coefficient (Wildman–Crippen LogP) is 3.75. The second-order valence-corrected chi connectivity index (χ2v) is 5.96. The Labute approximate surface area is 147 Å². The van der Waals surface area contributed by atoms with Gasteiger partial charge in [0.1, 0.15) is 11.5 Å². The van der Waals surface area contributed by atoms with Crippen LogP contribution in [-0.4, -0.2) is 18.9 Å². The van der Waals surface area contributed by atoms with Crippen LogP contribution >= 0.6 is 0 Å². The van der Waals surface area contributed by atoms with E-state index in [9.17, 15) is 9.59 Å². The SMILES string of the molecule is Cc1cc(C)cc(OC(=O)NCNC(=O)Oc2cc(C)cc(C)c2)c1. The van der Waals surface area contributed by atoms with Crippen LogP contribution in [-0.2, 0) is 0 Å². The van der Waals surface area contributed by atoms with E-state index in [1.54, 1.807) is 24.3 Å². The van der Waals surface area contributed by atoms with Crippen LogP contribution in [0.3, 0.4) is 0 Å². The molecule has 0 aliphatic carbocycles. The summed E-state index contributed by atoms with van der Waals surface area (Å²) in [5, 5.41) is 4.87. The van der Waals surface area contributed by atoms with Gasteiger partial charge in [-0.2, -0.15) is 0 Å². The van der Waals surface area contributed by atoms with Gasteiger partial charge in [-0.1, -0.05) is 12.1 Å². The molecule has 0 atom stereocenters. The first-order valence-corrected chi connectivity index (χ1v) is 7.90. The van der Waals surface area contributed by atoms with Gasteiger partial charge >= 0.3 is 12.2 Å². The Hall–Kier alpha value is -3.02. The molecule has 2 aromatic carbocycles. The van der Waals surface area contributed by atoms with Crippen molar-refractivity contribution in [1.29, 1.82) is 0 Å². The van der Waals surface area contributed by atoms with Gasteiger partial charge in [-0.3, -0.25) is 0 Å². The van der Waals surface area contributed by atoms with E-state index < -0.39 is 12.2 Å². The number of aryl methyl sites for hydroxylation is 4. The van der Waals surface area contributed by atoms with Gasteiger partial charge in [-0.15, -0.1) is 0 Å². The molecule has 0 saturated heterocycles. The van der Waals surface area contributed by atoms with Gasteiger partial charge < -0.3 is 20.1 Å². The fourth-order valence-corrected chi connectivity index (χ4v) is 2.46. The van der Waals surface area contributed by atoms with Crippen LogP contribution in [0.1, 0.15) is 22.3 Å². The molecule has 2 rings (SSSR count). The van der Waals surface area contributed by atoms with Gasteiger partial charge in [0.05, 0.1) is 6.67 Å². The summed E-state index contributed by atoms with van der Waals surface area (Å²) in [5.74, 6) is 0.903. The summed E-state index contributed by atoms with van der Waals surface area (Å²) in [6, 6.07) is 11.0. The van der Waals surface area contributed by atoms with E-state index in [4.69, 9.17) is 9.47 Å². The Morgan fingerprint density at radius 2 is 1.00 bits per heavy atom. The van der Waals surface area contributed by atoms with Gasteiger partial charge in [0.25, 0.3) is 0 Å². The maximum Gasteiger partial charge on any atom is 0.413 e. The lowest BCUT2D eigenvalue weighted by Gasteiger charge is -2.10. The molecule has 0 radical (unpaired) electrons. The average molecular weight is 342 g/mol. The molecule has 0 aliphatic rings. The molecule has 25 heavy (non-hydrogen) atoms. The number of rotatable bonds is 4. The second kappa shape index (κ2) is 8.19. The number of carbonyl (C=O) groups excluding carboxylic acids is 2. The number of carbonyl (C=O) groups is 2. The zero-order valence-corrected chi connectivity index (χ0v) is 14.8. The third-order valence-corrected chi connectivity index (χ3v) is 3.28. The summed E-state index contributed by atoms with van der Waals surface area (Å²) < 4.78 is 10.3. The van der Waals surface area contributed by atoms with E-state index in [1.165, 1.54) is 0 Å². The quantitative estimate of drug-likeness (QED) is 0.830. The maximum atomic E-state index is 11.7. The molecule has 0 spiro atoms. The van der Waals surface area contributed by atoms with Crippen molar-refractivity contribution < 1.29 is 19.1 Å². The molecule has 6 nitrogen and oxygen atoms in total. The Kier molecular flexibility index (Phi) is 6.00. The van der Waals surface area contributed by atoms with E-state index in [0.29, 0.717) is 11.5 Å². The maximum absolute atomic E-state index is 11.7. The second-order valence-electron chi connectivity index (χ2n) is 5.96. The van der Waals surface area contributed by atoms with Gasteiger partial charge in [0, 0.05) is 0 Å². The first-order valence-electron chi connectivity index (χ1n) is 7.90. The molecule has 0 bridgehead atoms. The molecule has 0 aromatic heterocycles. The minimum Gasteiger partial charge on any atom is -0.410 e. The average Bonchev–Trinajstić information content (AvgIpc) is 2.44. The van der Waals surface area contributed by atoms with Crippen LogP contribution in [0, 0.1) is 27.7 Å². The van der Waals surface area contributed by atoms with E-state index in [0.717, 1.165) is 22.3 Å². The Bertz CT molecular complexity index is 681. The summed E-state index contributed by atoms with van der Waals surface area (Å²) in [6.07, 6.45) is -1.31. The van der Waals surface area contributed by atoms with Gasteiger partial charge in [-0.05, 0) is 74.2 Å². The number of nitrogens with one attached hydrogen (secondary N) is 2. The Morgan fingerprint density at radius 3 is 1.32 bits per heavy atom. The Balaban J connectivity index is 1.77. The van der Waals surface area contributed by atoms with Crippen molar-refractivity contribution in [2.75, 3.05) is 6.67 Å². The van der Waals surface area contributed by atoms with E-state index in [2.05, 4.69) is 10.6 Å². The van der Waals surface area contributed by atoms with Crippen LogP contribution in [0.25, 0.3) is 0 Å². The molecule has 2 N–H and O–H groups in total. The molecule has 0 heterocycles. The first kappa shape index (κ1) is 18.3. The topological polar surface area (TPSA) is 76.7 Å². The molecular weight excluding hydrogens is 320 g/mol. The lowest BCUT2D eigenvalue weighted by atomic mass is 10.1. The monoisotopic (exact) mass is 342 g/mol. The molecule has 0 saturated carbocycles. The first-order chi connectivity index (χ1) is 11.8. The van der Waals surface area contributed by atoms with Crippen LogP contribution in [0.5, 0.6) is 11.5 Å². The minimum absolute atomic E-state index is 0.104. The van der Waals surface area contributed by atoms with Crippen molar-refractivity contribution in [3.63, 3.8) is 0 Å². The van der Waals surface area contributed by atoms with E-state index >= 15 is 0 Å². The van der Waals surface area contributed by atoms with Crippen molar-refractivity contribution in [3.05, 3.63) is 58.7 Å². The summed E-state index contributed by atoms with van der Waals surface area (Å²) in [4.78, 5) is 23.5. The number of benzene rings is 2. The standard InChI is InChI=1S/C19H22N2O4/c1-12-5-13(2)8-16(7-12)24-18(22)20-11-21-19(23)25-17-9-14(3)6-15(4)10-17/h5-10H,11H2,1-4H3,(H,20,22)(H,21,23). The summed E-state index contributed by atoms with van der Waals surface area (Å²) in [7, 11) is 0. The molecule has 0 unspecified atom stereocenters. The van der Waals surface area contributed by atoms with E-state index in [-0.39, 0.29) is 6.67 Å². The fourth-order valence-electron chi connectivity index (χ4n) is 2.46. The lowest BCUT2D eigenvalue weighted by molar-refractivity contribution is 0.192. The van der Waals surface area contributed by atoms with Crippen LogP contribution in [0.4, 0.5) is 9.59 Å². The summed E-state index contributed by atoms with van der Waals surface area (Å²) in [6.45, 7) is 7.57. The highest BCUT2D eigenvalue weighted by molar-refractivity contribution is 5.73. The lowest BCUT2D eigenvalue weighted by Crippen LogP contribution is -2.39. The third-order valence-electron chi connectivity index (χ3n) is 3.28. The predicted molar refractivity (Wildman–Crippen MR) is 95.0 cm³/mol. The van der Waals surface area contributed by atoms with Crippen LogP contribution < -0.4 is 20.1 Å². The largest absolute Gasteiger partial charge is 0.413 e. The zero-order chi connectivity index (χ0) is 18.4. The van der Waals surface area contributed by atoms with Crippen molar-refractivity contribution in [2.24, 2.45) is 0 Å². The molecule has 2 amide bonds. The number of hydrogen-bond acceptors (Lipinski definition) is 4. The van der Waals surface area contributed by atoms with Gasteiger partial charge in [-0.25, -0.2) is 9.59 Å². The highest BCUT2D eigenvalue weighted by Gasteiger charge is 2.08. The highest BCUT2D eigenvalue weighted by atomic mass is 16.6. The number of ether oxygens (including phenoxy) is 2. The van der Waals surface area contributed by atoms with Crippen molar-refractivity contribution in [2.45, 2.75) is 27.7 Å². The third kappa shape index (κ3) is 6.18.